The summed E-state index contributed by atoms with van der Waals surface area (Å²) in [6, 6.07) is 14.4. The maximum absolute atomic E-state index is 12.2. The van der Waals surface area contributed by atoms with Crippen LogP contribution in [0.15, 0.2) is 53.0 Å². The molecule has 1 aliphatic heterocycles. The third-order valence-corrected chi connectivity index (χ3v) is 5.44. The van der Waals surface area contributed by atoms with Crippen molar-refractivity contribution in [2.75, 3.05) is 13.1 Å². The monoisotopic (exact) mass is 436 g/mol. The van der Waals surface area contributed by atoms with Crippen molar-refractivity contribution in [2.45, 2.75) is 12.5 Å². The zero-order chi connectivity index (χ0) is 18.7. The van der Waals surface area contributed by atoms with E-state index in [1.54, 1.807) is 23.1 Å². The molecule has 2 N–H and O–H groups in total. The zero-order valence-corrected chi connectivity index (χ0v) is 16.2. The van der Waals surface area contributed by atoms with Gasteiger partial charge in [0.1, 0.15) is 0 Å². The van der Waals surface area contributed by atoms with Crippen molar-refractivity contribution < 1.29 is 14.7 Å². The van der Waals surface area contributed by atoms with Crippen LogP contribution in [0.2, 0.25) is 5.02 Å². The summed E-state index contributed by atoms with van der Waals surface area (Å²) < 4.78 is 0.891. The van der Waals surface area contributed by atoms with Crippen molar-refractivity contribution in [1.29, 1.82) is 0 Å². The van der Waals surface area contributed by atoms with E-state index in [2.05, 4.69) is 21.2 Å². The first-order valence-corrected chi connectivity index (χ1v) is 9.37. The maximum Gasteiger partial charge on any atom is 0.317 e. The minimum absolute atomic E-state index is 0.207. The van der Waals surface area contributed by atoms with Gasteiger partial charge in [0, 0.05) is 35.0 Å². The van der Waals surface area contributed by atoms with Crippen LogP contribution in [0.25, 0.3) is 0 Å². The summed E-state index contributed by atoms with van der Waals surface area (Å²) in [5.41, 5.74) is 1.56. The smallest absolute Gasteiger partial charge is 0.317 e. The van der Waals surface area contributed by atoms with Crippen LogP contribution in [0, 0.1) is 5.92 Å². The maximum atomic E-state index is 12.2. The van der Waals surface area contributed by atoms with E-state index in [4.69, 9.17) is 11.6 Å². The number of carboxylic acid groups (broad SMARTS) is 1. The molecule has 0 aromatic heterocycles. The number of urea groups is 1. The highest BCUT2D eigenvalue weighted by Crippen LogP contribution is 2.29. The number of rotatable bonds is 5. The molecule has 2 amide bonds. The van der Waals surface area contributed by atoms with Crippen LogP contribution in [-0.4, -0.2) is 35.1 Å². The standard InChI is InChI=1S/C19H18BrClN2O3/c20-15-7-5-12(6-8-15)17(18(24)25)14-9-22-19(26)23(11-14)10-13-3-1-2-4-16(13)21/h1-8,14,17H,9-11H2,(H,22,26)(H,24,25). The second-order valence-corrected chi connectivity index (χ2v) is 7.61. The van der Waals surface area contributed by atoms with Gasteiger partial charge in [0.2, 0.25) is 0 Å². The summed E-state index contributed by atoms with van der Waals surface area (Å²) in [5.74, 6) is -1.84. The quantitative estimate of drug-likeness (QED) is 0.739. The molecule has 0 bridgehead atoms. The molecule has 1 saturated heterocycles. The Labute approximate surface area is 165 Å². The van der Waals surface area contributed by atoms with Crippen molar-refractivity contribution in [3.05, 3.63) is 69.2 Å². The van der Waals surface area contributed by atoms with E-state index in [9.17, 15) is 14.7 Å². The molecule has 0 radical (unpaired) electrons. The Morgan fingerprint density at radius 1 is 1.27 bits per heavy atom. The van der Waals surface area contributed by atoms with Gasteiger partial charge in [0.15, 0.2) is 0 Å². The molecule has 1 aliphatic rings. The average molecular weight is 438 g/mol. The molecule has 2 aromatic carbocycles. The van der Waals surface area contributed by atoms with E-state index in [0.29, 0.717) is 24.7 Å². The SMILES string of the molecule is O=C(O)C(c1ccc(Br)cc1)C1CNC(=O)N(Cc2ccccc2Cl)C1. The fraction of sp³-hybridized carbons (Fsp3) is 0.263. The van der Waals surface area contributed by atoms with Crippen molar-refractivity contribution in [1.82, 2.24) is 10.2 Å². The van der Waals surface area contributed by atoms with Gasteiger partial charge in [-0.2, -0.15) is 0 Å². The first-order chi connectivity index (χ1) is 12.5. The predicted octanol–water partition coefficient (Wildman–Crippen LogP) is 4.11. The molecule has 7 heteroatoms. The summed E-state index contributed by atoms with van der Waals surface area (Å²) in [7, 11) is 0. The van der Waals surface area contributed by atoms with Gasteiger partial charge in [0.05, 0.1) is 5.92 Å². The van der Waals surface area contributed by atoms with Gasteiger partial charge in [0.25, 0.3) is 0 Å². The van der Waals surface area contributed by atoms with Gasteiger partial charge in [-0.1, -0.05) is 57.9 Å². The minimum atomic E-state index is -0.897. The number of benzene rings is 2. The third kappa shape index (κ3) is 4.19. The number of aliphatic carboxylic acids is 1. The molecule has 5 nitrogen and oxygen atoms in total. The van der Waals surface area contributed by atoms with Crippen LogP contribution in [0.5, 0.6) is 0 Å². The topological polar surface area (TPSA) is 69.6 Å². The molecule has 1 fully saturated rings. The molecule has 0 aliphatic carbocycles. The molecule has 136 valence electrons. The summed E-state index contributed by atoms with van der Waals surface area (Å²) in [6.07, 6.45) is 0. The van der Waals surface area contributed by atoms with Crippen molar-refractivity contribution in [2.24, 2.45) is 5.92 Å². The lowest BCUT2D eigenvalue weighted by Gasteiger charge is -2.36. The van der Waals surface area contributed by atoms with E-state index in [-0.39, 0.29) is 11.9 Å². The van der Waals surface area contributed by atoms with Crippen LogP contribution in [0.1, 0.15) is 17.0 Å². The lowest BCUT2D eigenvalue weighted by molar-refractivity contribution is -0.140. The Morgan fingerprint density at radius 2 is 1.96 bits per heavy atom. The highest BCUT2D eigenvalue weighted by molar-refractivity contribution is 9.10. The fourth-order valence-corrected chi connectivity index (χ4v) is 3.70. The largest absolute Gasteiger partial charge is 0.481 e. The summed E-state index contributed by atoms with van der Waals surface area (Å²) in [4.78, 5) is 25.8. The molecule has 0 spiro atoms. The molecule has 2 atom stereocenters. The van der Waals surface area contributed by atoms with Crippen LogP contribution in [-0.2, 0) is 11.3 Å². The number of amides is 2. The van der Waals surface area contributed by atoms with Crippen LogP contribution >= 0.6 is 27.5 Å². The van der Waals surface area contributed by atoms with Gasteiger partial charge in [-0.05, 0) is 29.3 Å². The first-order valence-electron chi connectivity index (χ1n) is 8.20. The summed E-state index contributed by atoms with van der Waals surface area (Å²) in [5, 5.41) is 13.2. The highest BCUT2D eigenvalue weighted by atomic mass is 79.9. The second kappa shape index (κ2) is 8.10. The molecule has 3 rings (SSSR count). The van der Waals surface area contributed by atoms with Crippen molar-refractivity contribution >= 4 is 39.5 Å². The first kappa shape index (κ1) is 18.7. The van der Waals surface area contributed by atoms with E-state index >= 15 is 0 Å². The number of halogens is 2. The molecular formula is C19H18BrClN2O3. The number of carbonyl (C=O) groups is 2. The Bertz CT molecular complexity index is 813. The van der Waals surface area contributed by atoms with E-state index in [1.165, 1.54) is 0 Å². The van der Waals surface area contributed by atoms with Gasteiger partial charge in [-0.15, -0.1) is 0 Å². The zero-order valence-electron chi connectivity index (χ0n) is 13.9. The van der Waals surface area contributed by atoms with Crippen molar-refractivity contribution in [3.8, 4) is 0 Å². The molecular weight excluding hydrogens is 420 g/mol. The van der Waals surface area contributed by atoms with Crippen LogP contribution < -0.4 is 5.32 Å². The summed E-state index contributed by atoms with van der Waals surface area (Å²) >= 11 is 9.56. The number of carbonyl (C=O) groups excluding carboxylic acids is 1. The molecule has 2 unspecified atom stereocenters. The Morgan fingerprint density at radius 3 is 2.62 bits per heavy atom. The van der Waals surface area contributed by atoms with Gasteiger partial charge < -0.3 is 15.3 Å². The number of nitrogens with one attached hydrogen (secondary N) is 1. The van der Waals surface area contributed by atoms with Gasteiger partial charge in [-0.25, -0.2) is 4.79 Å². The third-order valence-electron chi connectivity index (χ3n) is 4.54. The number of hydrogen-bond acceptors (Lipinski definition) is 2. The molecule has 1 heterocycles. The fourth-order valence-electron chi connectivity index (χ4n) is 3.24. The highest BCUT2D eigenvalue weighted by Gasteiger charge is 2.35. The minimum Gasteiger partial charge on any atom is -0.481 e. The molecule has 0 saturated carbocycles. The normalized spacial score (nSPS) is 18.3. The van der Waals surface area contributed by atoms with Crippen LogP contribution in [0.4, 0.5) is 4.79 Å². The Balaban J connectivity index is 1.81. The van der Waals surface area contributed by atoms with Gasteiger partial charge in [-0.3, -0.25) is 4.79 Å². The van der Waals surface area contributed by atoms with Crippen LogP contribution in [0.3, 0.4) is 0 Å². The number of carboxylic acids is 1. The Kier molecular flexibility index (Phi) is 5.84. The average Bonchev–Trinajstić information content (AvgIpc) is 2.61. The number of nitrogens with zero attached hydrogens (tertiary/aromatic N) is 1. The number of hydrogen-bond donors (Lipinski definition) is 2. The predicted molar refractivity (Wildman–Crippen MR) is 103 cm³/mol. The molecule has 26 heavy (non-hydrogen) atoms. The second-order valence-electron chi connectivity index (χ2n) is 6.29. The van der Waals surface area contributed by atoms with E-state index < -0.39 is 11.9 Å². The van der Waals surface area contributed by atoms with E-state index in [0.717, 1.165) is 15.6 Å². The lowest BCUT2D eigenvalue weighted by Crippen LogP contribution is -2.52. The Hall–Kier alpha value is -2.05. The van der Waals surface area contributed by atoms with E-state index in [1.807, 2.05) is 30.3 Å². The van der Waals surface area contributed by atoms with Gasteiger partial charge >= 0.3 is 12.0 Å². The molecule has 2 aromatic rings. The summed E-state index contributed by atoms with van der Waals surface area (Å²) in [6.45, 7) is 1.02. The van der Waals surface area contributed by atoms with Crippen molar-refractivity contribution in [3.63, 3.8) is 0 Å². The lowest BCUT2D eigenvalue weighted by atomic mass is 9.84.